The lowest BCUT2D eigenvalue weighted by molar-refractivity contribution is -0.107. The average Bonchev–Trinajstić information content (AvgIpc) is 2.44. The molecule has 15 heavy (non-hydrogen) atoms. The van der Waals surface area contributed by atoms with Crippen molar-refractivity contribution >= 4 is 6.29 Å². The molecule has 86 valence electrons. The van der Waals surface area contributed by atoms with Gasteiger partial charge in [-0.3, -0.25) is 0 Å². The van der Waals surface area contributed by atoms with Gasteiger partial charge in [-0.2, -0.15) is 0 Å². The highest BCUT2D eigenvalue weighted by Crippen LogP contribution is 2.48. The molecule has 1 nitrogen and oxygen atoms in total. The van der Waals surface area contributed by atoms with Crippen LogP contribution < -0.4 is 0 Å². The first-order valence-electron chi connectivity index (χ1n) is 6.17. The maximum atomic E-state index is 10.1. The summed E-state index contributed by atoms with van der Waals surface area (Å²) in [5.74, 6) is 1.69. The van der Waals surface area contributed by atoms with Crippen LogP contribution in [0.25, 0.3) is 0 Å². The first-order chi connectivity index (χ1) is 7.09. The monoisotopic (exact) mass is 208 g/mol. The molecular formula is C14H24O. The van der Waals surface area contributed by atoms with E-state index >= 15 is 0 Å². The van der Waals surface area contributed by atoms with Gasteiger partial charge in [-0.15, -0.1) is 0 Å². The largest absolute Gasteiger partial charge is 0.303 e. The second-order valence-corrected chi connectivity index (χ2v) is 5.45. The molecule has 1 aliphatic carbocycles. The molecule has 2 unspecified atom stereocenters. The number of hydrogen-bond donors (Lipinski definition) is 0. The van der Waals surface area contributed by atoms with E-state index in [4.69, 9.17) is 0 Å². The van der Waals surface area contributed by atoms with Gasteiger partial charge in [-0.05, 0) is 42.9 Å². The van der Waals surface area contributed by atoms with Crippen molar-refractivity contribution in [3.63, 3.8) is 0 Å². The average molecular weight is 208 g/mol. The van der Waals surface area contributed by atoms with E-state index in [0.29, 0.717) is 11.8 Å². The number of allylic oxidation sites excluding steroid dienone is 2. The fourth-order valence-corrected chi connectivity index (χ4v) is 2.56. The van der Waals surface area contributed by atoms with E-state index in [1.54, 1.807) is 0 Å². The van der Waals surface area contributed by atoms with Crippen LogP contribution >= 0.6 is 0 Å². The molecule has 0 N–H and O–H groups in total. The Morgan fingerprint density at radius 2 is 1.93 bits per heavy atom. The van der Waals surface area contributed by atoms with Gasteiger partial charge in [-0.25, -0.2) is 0 Å². The van der Waals surface area contributed by atoms with Crippen molar-refractivity contribution in [2.45, 2.75) is 52.9 Å². The van der Waals surface area contributed by atoms with Crippen LogP contribution in [0.4, 0.5) is 0 Å². The molecule has 1 heteroatoms. The van der Waals surface area contributed by atoms with Crippen LogP contribution in [-0.4, -0.2) is 6.29 Å². The predicted octanol–water partition coefficient (Wildman–Crippen LogP) is 3.98. The topological polar surface area (TPSA) is 17.1 Å². The highest BCUT2D eigenvalue weighted by molar-refractivity contribution is 5.49. The molecular weight excluding hydrogens is 184 g/mol. The minimum Gasteiger partial charge on any atom is -0.303 e. The van der Waals surface area contributed by atoms with Gasteiger partial charge < -0.3 is 4.79 Å². The molecule has 1 saturated carbocycles. The molecule has 0 saturated heterocycles. The molecule has 0 bridgehead atoms. The highest BCUT2D eigenvalue weighted by atomic mass is 16.1. The highest BCUT2D eigenvalue weighted by Gasteiger charge is 2.39. The first-order valence-corrected chi connectivity index (χ1v) is 6.17. The van der Waals surface area contributed by atoms with Gasteiger partial charge in [0.1, 0.15) is 6.29 Å². The van der Waals surface area contributed by atoms with Gasteiger partial charge in [-0.1, -0.05) is 32.9 Å². The lowest BCUT2D eigenvalue weighted by atomic mass is 9.75. The zero-order chi connectivity index (χ0) is 11.3. The minimum atomic E-state index is 0.495. The molecule has 0 radical (unpaired) electrons. The molecule has 1 fully saturated rings. The van der Waals surface area contributed by atoms with Gasteiger partial charge in [0, 0.05) is 6.42 Å². The Balaban J connectivity index is 2.33. The number of unbranched alkanes of at least 4 members (excludes halogenated alkanes) is 1. The van der Waals surface area contributed by atoms with Gasteiger partial charge in [0.15, 0.2) is 0 Å². The third-order valence-electron chi connectivity index (χ3n) is 4.31. The summed E-state index contributed by atoms with van der Waals surface area (Å²) in [5, 5.41) is 0. The van der Waals surface area contributed by atoms with Crippen molar-refractivity contribution in [1.82, 2.24) is 0 Å². The summed E-state index contributed by atoms with van der Waals surface area (Å²) in [6.45, 7) is 7.17. The Morgan fingerprint density at radius 3 is 2.47 bits per heavy atom. The summed E-state index contributed by atoms with van der Waals surface area (Å²) in [4.78, 5) is 10.1. The molecule has 1 rings (SSSR count). The maximum Gasteiger partial charge on any atom is 0.120 e. The Kier molecular flexibility index (Phi) is 4.56. The molecule has 2 atom stereocenters. The van der Waals surface area contributed by atoms with Crippen molar-refractivity contribution < 1.29 is 4.79 Å². The molecule has 0 amide bonds. The molecule has 0 aromatic carbocycles. The van der Waals surface area contributed by atoms with Gasteiger partial charge in [0.05, 0.1) is 0 Å². The molecule has 0 aliphatic heterocycles. The molecule has 0 aromatic heterocycles. The summed E-state index contributed by atoms with van der Waals surface area (Å²) in [6.07, 6.45) is 10.9. The second-order valence-electron chi connectivity index (χ2n) is 5.45. The predicted molar refractivity (Wildman–Crippen MR) is 64.7 cm³/mol. The summed E-state index contributed by atoms with van der Waals surface area (Å²) in [6, 6.07) is 0. The van der Waals surface area contributed by atoms with Crippen LogP contribution in [-0.2, 0) is 4.79 Å². The van der Waals surface area contributed by atoms with E-state index in [9.17, 15) is 4.79 Å². The third kappa shape index (κ3) is 3.19. The van der Waals surface area contributed by atoms with E-state index in [1.807, 2.05) is 0 Å². The lowest BCUT2D eigenvalue weighted by Gasteiger charge is -2.30. The Morgan fingerprint density at radius 1 is 1.20 bits per heavy atom. The van der Waals surface area contributed by atoms with Crippen LogP contribution in [0.1, 0.15) is 52.9 Å². The second kappa shape index (κ2) is 5.48. The lowest BCUT2D eigenvalue weighted by Crippen LogP contribution is -2.22. The van der Waals surface area contributed by atoms with Crippen LogP contribution in [0, 0.1) is 17.3 Å². The van der Waals surface area contributed by atoms with Crippen molar-refractivity contribution in [3.05, 3.63) is 12.2 Å². The molecule has 0 spiro atoms. The van der Waals surface area contributed by atoms with E-state index in [1.165, 1.54) is 19.3 Å². The normalized spacial score (nSPS) is 29.8. The summed E-state index contributed by atoms with van der Waals surface area (Å²) in [7, 11) is 0. The third-order valence-corrected chi connectivity index (χ3v) is 4.31. The van der Waals surface area contributed by atoms with Gasteiger partial charge >= 0.3 is 0 Å². The minimum absolute atomic E-state index is 0.495. The quantitative estimate of drug-likeness (QED) is 0.379. The van der Waals surface area contributed by atoms with Crippen molar-refractivity contribution in [2.75, 3.05) is 0 Å². The zero-order valence-electron chi connectivity index (χ0n) is 10.3. The number of aldehydes is 1. The number of carbonyl (C=O) groups is 1. The van der Waals surface area contributed by atoms with E-state index < -0.39 is 0 Å². The van der Waals surface area contributed by atoms with E-state index in [-0.39, 0.29) is 0 Å². The van der Waals surface area contributed by atoms with Crippen molar-refractivity contribution in [1.29, 1.82) is 0 Å². The Labute approximate surface area is 93.9 Å². The van der Waals surface area contributed by atoms with Crippen LogP contribution in [0.2, 0.25) is 0 Å². The molecule has 0 heterocycles. The Hall–Kier alpha value is -0.590. The molecule has 0 aromatic rings. The SMILES string of the molecule is CC1CCC(C/C=C\CCC=O)C1(C)C. The van der Waals surface area contributed by atoms with E-state index in [0.717, 1.165) is 24.5 Å². The summed E-state index contributed by atoms with van der Waals surface area (Å²) in [5.41, 5.74) is 0.495. The van der Waals surface area contributed by atoms with Crippen LogP contribution in [0.5, 0.6) is 0 Å². The number of rotatable bonds is 5. The van der Waals surface area contributed by atoms with Crippen LogP contribution in [0.3, 0.4) is 0 Å². The fraction of sp³-hybridized carbons (Fsp3) is 0.786. The van der Waals surface area contributed by atoms with Crippen molar-refractivity contribution in [3.8, 4) is 0 Å². The van der Waals surface area contributed by atoms with Gasteiger partial charge in [0.25, 0.3) is 0 Å². The zero-order valence-corrected chi connectivity index (χ0v) is 10.3. The van der Waals surface area contributed by atoms with Crippen LogP contribution in [0.15, 0.2) is 12.2 Å². The smallest absolute Gasteiger partial charge is 0.120 e. The summed E-state index contributed by atoms with van der Waals surface area (Å²) < 4.78 is 0. The number of hydrogen-bond acceptors (Lipinski definition) is 1. The number of carbonyl (C=O) groups excluding carboxylic acids is 1. The Bertz CT molecular complexity index is 227. The molecule has 1 aliphatic rings. The van der Waals surface area contributed by atoms with Gasteiger partial charge in [0.2, 0.25) is 0 Å². The standard InChI is InChI=1S/C14H24O/c1-12-9-10-13(14(12,2)3)8-6-4-5-7-11-15/h4,6,11-13H,5,7-10H2,1-3H3/b6-4-. The maximum absolute atomic E-state index is 10.1. The summed E-state index contributed by atoms with van der Waals surface area (Å²) >= 11 is 0. The fourth-order valence-electron chi connectivity index (χ4n) is 2.56. The first kappa shape index (κ1) is 12.5. The van der Waals surface area contributed by atoms with Crippen molar-refractivity contribution in [2.24, 2.45) is 17.3 Å². The van der Waals surface area contributed by atoms with E-state index in [2.05, 4.69) is 32.9 Å².